The molecule has 3 N–H and O–H groups in total. The predicted octanol–water partition coefficient (Wildman–Crippen LogP) is 3.05. The summed E-state index contributed by atoms with van der Waals surface area (Å²) in [6.45, 7) is 0.447. The van der Waals surface area contributed by atoms with Crippen molar-refractivity contribution in [2.45, 2.75) is 44.6 Å². The van der Waals surface area contributed by atoms with Gasteiger partial charge >= 0.3 is 0 Å². The lowest BCUT2D eigenvalue weighted by molar-refractivity contribution is -0.121. The van der Waals surface area contributed by atoms with Gasteiger partial charge in [-0.05, 0) is 49.9 Å². The minimum Gasteiger partial charge on any atom is -0.382 e. The van der Waals surface area contributed by atoms with E-state index in [0.717, 1.165) is 18.5 Å². The van der Waals surface area contributed by atoms with E-state index < -0.39 is 0 Å². The highest BCUT2D eigenvalue weighted by Crippen LogP contribution is 2.34. The number of rotatable bonds is 9. The second-order valence-electron chi connectivity index (χ2n) is 8.97. The Kier molecular flexibility index (Phi) is 6.50. The van der Waals surface area contributed by atoms with Gasteiger partial charge in [0.25, 0.3) is 5.56 Å². The number of aromatic nitrogens is 4. The van der Waals surface area contributed by atoms with E-state index in [0.29, 0.717) is 59.6 Å². The molecule has 4 aromatic rings. The summed E-state index contributed by atoms with van der Waals surface area (Å²) in [6, 6.07) is 19.1. The van der Waals surface area contributed by atoms with Gasteiger partial charge in [-0.1, -0.05) is 30.3 Å². The number of anilines is 1. The number of carbonyl (C=O) groups is 1. The van der Waals surface area contributed by atoms with E-state index in [1.165, 1.54) is 0 Å². The molecule has 182 valence electrons. The van der Waals surface area contributed by atoms with E-state index in [-0.39, 0.29) is 23.9 Å². The average molecular weight is 482 g/mol. The molecule has 1 aliphatic carbocycles. The highest BCUT2D eigenvalue weighted by molar-refractivity contribution is 5.78. The minimum atomic E-state index is -0.102. The molecule has 0 spiro atoms. The number of hydrogen-bond acceptors (Lipinski definition) is 6. The first-order chi connectivity index (χ1) is 17.6. The first kappa shape index (κ1) is 23.3. The summed E-state index contributed by atoms with van der Waals surface area (Å²) in [5.41, 5.74) is 8.56. The summed E-state index contributed by atoms with van der Waals surface area (Å²) >= 11 is 0. The first-order valence-corrected chi connectivity index (χ1v) is 12.2. The van der Waals surface area contributed by atoms with Crippen molar-refractivity contribution in [3.8, 4) is 11.8 Å². The van der Waals surface area contributed by atoms with Gasteiger partial charge in [-0.25, -0.2) is 9.67 Å². The Bertz CT molecular complexity index is 1510. The molecular formula is C27H27N7O2. The van der Waals surface area contributed by atoms with Gasteiger partial charge in [0.05, 0.1) is 22.3 Å². The van der Waals surface area contributed by atoms with Crippen molar-refractivity contribution in [2.75, 3.05) is 12.3 Å². The normalized spacial score (nSPS) is 13.0. The fraction of sp³-hybridized carbons (Fsp3) is 0.296. The first-order valence-electron chi connectivity index (χ1n) is 12.2. The standard InChI is InChI=1S/C27H27N7O2/c28-17-21-23(32-34(26(21)29)19-7-2-1-3-8-19)11-6-16-30-25(35)15-14-24-31-22-10-5-4-9-20(22)27(36)33(24)18-12-13-18/h1-5,7-10,18H,6,11-16,29H2,(H,30,35). The Morgan fingerprint density at radius 3 is 2.61 bits per heavy atom. The van der Waals surface area contributed by atoms with Crippen LogP contribution in [0.25, 0.3) is 16.6 Å². The molecule has 9 heteroatoms. The number of nitrogens with zero attached hydrogens (tertiary/aromatic N) is 5. The van der Waals surface area contributed by atoms with Gasteiger partial charge in [0.2, 0.25) is 5.91 Å². The Morgan fingerprint density at radius 2 is 1.86 bits per heavy atom. The van der Waals surface area contributed by atoms with Gasteiger partial charge in [-0.3, -0.25) is 14.2 Å². The quantitative estimate of drug-likeness (QED) is 0.353. The number of nitrogens with two attached hydrogens (primary N) is 1. The number of benzene rings is 2. The van der Waals surface area contributed by atoms with Crippen molar-refractivity contribution in [3.63, 3.8) is 0 Å². The third kappa shape index (κ3) is 4.70. The van der Waals surface area contributed by atoms with Gasteiger partial charge < -0.3 is 11.1 Å². The molecule has 2 aromatic heterocycles. The van der Waals surface area contributed by atoms with Crippen molar-refractivity contribution in [1.29, 1.82) is 5.26 Å². The van der Waals surface area contributed by atoms with Gasteiger partial charge in [-0.15, -0.1) is 0 Å². The highest BCUT2D eigenvalue weighted by atomic mass is 16.1. The van der Waals surface area contributed by atoms with Crippen molar-refractivity contribution in [2.24, 2.45) is 0 Å². The molecule has 5 rings (SSSR count). The zero-order valence-electron chi connectivity index (χ0n) is 19.9. The van der Waals surface area contributed by atoms with Gasteiger partial charge in [0, 0.05) is 25.4 Å². The fourth-order valence-electron chi connectivity index (χ4n) is 4.42. The van der Waals surface area contributed by atoms with Gasteiger partial charge in [0.15, 0.2) is 0 Å². The molecule has 0 bridgehead atoms. The zero-order valence-corrected chi connectivity index (χ0v) is 19.9. The fourth-order valence-corrected chi connectivity index (χ4v) is 4.42. The number of para-hydroxylation sites is 2. The monoisotopic (exact) mass is 481 g/mol. The van der Waals surface area contributed by atoms with Crippen LogP contribution < -0.4 is 16.6 Å². The molecule has 0 unspecified atom stereocenters. The van der Waals surface area contributed by atoms with Crippen LogP contribution in [0.15, 0.2) is 59.4 Å². The Labute approximate surface area is 208 Å². The van der Waals surface area contributed by atoms with Crippen LogP contribution >= 0.6 is 0 Å². The number of nitrogens with one attached hydrogen (secondary N) is 1. The van der Waals surface area contributed by atoms with Crippen LogP contribution in [0.5, 0.6) is 0 Å². The maximum atomic E-state index is 13.0. The maximum Gasteiger partial charge on any atom is 0.261 e. The zero-order chi connectivity index (χ0) is 25.1. The number of aryl methyl sites for hydroxylation is 2. The largest absolute Gasteiger partial charge is 0.382 e. The van der Waals surface area contributed by atoms with Crippen LogP contribution in [0.4, 0.5) is 5.82 Å². The van der Waals surface area contributed by atoms with Crippen molar-refractivity contribution < 1.29 is 4.79 Å². The predicted molar refractivity (Wildman–Crippen MR) is 137 cm³/mol. The van der Waals surface area contributed by atoms with Gasteiger partial charge in [-0.2, -0.15) is 10.4 Å². The van der Waals surface area contributed by atoms with Crippen LogP contribution in [0.2, 0.25) is 0 Å². The third-order valence-corrected chi connectivity index (χ3v) is 6.39. The molecule has 2 heterocycles. The molecule has 0 saturated heterocycles. The van der Waals surface area contributed by atoms with E-state index in [2.05, 4.69) is 21.5 Å². The summed E-state index contributed by atoms with van der Waals surface area (Å²) in [5.74, 6) is 0.874. The van der Waals surface area contributed by atoms with Crippen LogP contribution in [-0.2, 0) is 17.6 Å². The highest BCUT2D eigenvalue weighted by Gasteiger charge is 2.28. The van der Waals surface area contributed by atoms with E-state index in [4.69, 9.17) is 5.73 Å². The van der Waals surface area contributed by atoms with E-state index in [1.807, 2.05) is 48.5 Å². The SMILES string of the molecule is N#Cc1c(CCCNC(=O)CCc2nc3ccccc3c(=O)n2C2CC2)nn(-c2ccccc2)c1N. The summed E-state index contributed by atoms with van der Waals surface area (Å²) in [7, 11) is 0. The summed E-state index contributed by atoms with van der Waals surface area (Å²) < 4.78 is 3.34. The molecule has 1 saturated carbocycles. The second-order valence-corrected chi connectivity index (χ2v) is 8.97. The van der Waals surface area contributed by atoms with E-state index in [1.54, 1.807) is 15.3 Å². The van der Waals surface area contributed by atoms with Crippen molar-refractivity contribution in [3.05, 3.63) is 82.0 Å². The topological polar surface area (TPSA) is 132 Å². The molecule has 36 heavy (non-hydrogen) atoms. The Balaban J connectivity index is 1.18. The molecule has 9 nitrogen and oxygen atoms in total. The maximum absolute atomic E-state index is 13.0. The molecule has 0 atom stereocenters. The molecule has 0 aliphatic heterocycles. The van der Waals surface area contributed by atoms with E-state index >= 15 is 0 Å². The molecule has 1 aliphatic rings. The van der Waals surface area contributed by atoms with E-state index in [9.17, 15) is 14.9 Å². The third-order valence-electron chi connectivity index (χ3n) is 6.39. The van der Waals surface area contributed by atoms with Crippen LogP contribution in [0.3, 0.4) is 0 Å². The lowest BCUT2D eigenvalue weighted by Crippen LogP contribution is -2.28. The molecule has 0 radical (unpaired) electrons. The molecule has 1 amide bonds. The lowest BCUT2D eigenvalue weighted by Gasteiger charge is -2.13. The second kappa shape index (κ2) is 10.0. The lowest BCUT2D eigenvalue weighted by atomic mass is 10.1. The summed E-state index contributed by atoms with van der Waals surface area (Å²) in [5, 5.41) is 17.6. The van der Waals surface area contributed by atoms with Crippen LogP contribution in [0.1, 0.15) is 48.8 Å². The smallest absolute Gasteiger partial charge is 0.261 e. The summed E-state index contributed by atoms with van der Waals surface area (Å²) in [4.78, 5) is 30.2. The number of fused-ring (bicyclic) bond motifs is 1. The Morgan fingerprint density at radius 1 is 1.11 bits per heavy atom. The number of carbonyl (C=O) groups excluding carboxylic acids is 1. The van der Waals surface area contributed by atoms with Crippen molar-refractivity contribution >= 4 is 22.6 Å². The molecule has 2 aromatic carbocycles. The van der Waals surface area contributed by atoms with Crippen LogP contribution in [0, 0.1) is 11.3 Å². The number of nitrogen functional groups attached to an aromatic ring is 1. The average Bonchev–Trinajstić information content (AvgIpc) is 3.68. The van der Waals surface area contributed by atoms with Crippen molar-refractivity contribution in [1.82, 2.24) is 24.6 Å². The van der Waals surface area contributed by atoms with Gasteiger partial charge in [0.1, 0.15) is 23.3 Å². The van der Waals surface area contributed by atoms with Crippen LogP contribution in [-0.4, -0.2) is 31.8 Å². The number of nitriles is 1. The number of hydrogen-bond donors (Lipinski definition) is 2. The Hall–Kier alpha value is -4.45. The number of amides is 1. The minimum absolute atomic E-state index is 0.0268. The summed E-state index contributed by atoms with van der Waals surface area (Å²) in [6.07, 6.45) is 3.71. The molecular weight excluding hydrogens is 454 g/mol. The molecule has 1 fully saturated rings.